The maximum atomic E-state index is 15.9. The Kier molecular flexibility index (Phi) is 18.9. The Morgan fingerprint density at radius 1 is 0.173 bits per heavy atom. The van der Waals surface area contributed by atoms with Crippen LogP contribution < -0.4 is 47.7 Å². The van der Waals surface area contributed by atoms with E-state index in [0.717, 1.165) is 207 Å². The molecule has 13 heteroatoms. The number of para-hydroxylation sites is 7. The van der Waals surface area contributed by atoms with Gasteiger partial charge in [0.1, 0.15) is 16.9 Å². The summed E-state index contributed by atoms with van der Waals surface area (Å²) in [5.74, 6) is 0. The summed E-state index contributed by atoms with van der Waals surface area (Å²) in [6, 6.07) is 160. The largest absolute Gasteiger partial charge is 0.309 e. The predicted octanol–water partition coefficient (Wildman–Crippen LogP) is 26.6. The van der Waals surface area contributed by atoms with Gasteiger partial charge in [-0.3, -0.25) is 18.2 Å². The van der Waals surface area contributed by atoms with Gasteiger partial charge in [-0.2, -0.15) is 0 Å². The van der Waals surface area contributed by atoms with E-state index in [1.54, 1.807) is 0 Å². The van der Waals surface area contributed by atoms with E-state index >= 15 is 13.7 Å². The topological polar surface area (TPSA) is 116 Å². The van der Waals surface area contributed by atoms with Crippen LogP contribution in [0.4, 0.5) is 0 Å². The molecular formula is C120H78N7O3P3. The highest BCUT2D eigenvalue weighted by Gasteiger charge is 2.35. The monoisotopic (exact) mass is 1760 g/mol. The third-order valence-electron chi connectivity index (χ3n) is 26.7. The first-order valence-corrected chi connectivity index (χ1v) is 49.8. The molecule has 7 heterocycles. The minimum absolute atomic E-state index is 0.778. The van der Waals surface area contributed by atoms with Crippen LogP contribution >= 0.6 is 21.4 Å². The maximum Gasteiger partial charge on any atom is 0.171 e. The number of nitrogens with zero attached hydrogens (tertiary/aromatic N) is 7. The third-order valence-corrected chi connectivity index (χ3v) is 35.8. The third kappa shape index (κ3) is 13.0. The highest BCUT2D eigenvalue weighted by atomic mass is 31.2. The number of pyridine rings is 4. The number of imidazole rings is 3. The van der Waals surface area contributed by atoms with Gasteiger partial charge in [0.25, 0.3) is 0 Å². The second-order valence-corrected chi connectivity index (χ2v) is 42.5. The molecule has 27 aromatic rings. The molecule has 626 valence electrons. The molecule has 0 spiro atoms. The van der Waals surface area contributed by atoms with Gasteiger partial charge in [0.2, 0.25) is 0 Å². The van der Waals surface area contributed by atoms with Crippen LogP contribution in [0.15, 0.2) is 473 Å². The van der Waals surface area contributed by atoms with Crippen LogP contribution in [-0.2, 0) is 13.7 Å². The molecular weight excluding hydrogens is 1680 g/mol. The Morgan fingerprint density at radius 3 is 0.970 bits per heavy atom. The summed E-state index contributed by atoms with van der Waals surface area (Å²) in [5.41, 5.74) is 17.5. The van der Waals surface area contributed by atoms with Crippen molar-refractivity contribution in [2.24, 2.45) is 0 Å². The quantitative estimate of drug-likeness (QED) is 0.0935. The molecule has 20 aromatic carbocycles. The lowest BCUT2D eigenvalue weighted by atomic mass is 9.97. The molecule has 10 nitrogen and oxygen atoms in total. The van der Waals surface area contributed by atoms with E-state index in [1.807, 2.05) is 219 Å². The Bertz CT molecular complexity index is 9440. The molecule has 133 heavy (non-hydrogen) atoms. The normalized spacial score (nSPS) is 12.2. The molecule has 0 atom stereocenters. The lowest BCUT2D eigenvalue weighted by molar-refractivity contribution is 0.591. The van der Waals surface area contributed by atoms with Crippen molar-refractivity contribution < 1.29 is 13.7 Å². The standard InChI is InChI=1S/2C41H27N2OP.C38H24N3OP/c44-45(32-11-3-1-4-12-32,33-13-5-2-6-14-33)34-23-21-28-19-20-29(25-31(28)26-34)30-22-24-35-36-15-7-9-17-39(36)43-40-18-10-8-16-38(40)42-41(43)37(35)27-30;44-45(32-11-3-1-4-12-32,33-13-5-2-6-14-33)34-23-21-28-19-20-29(25-31(28)26-34)30-22-24-36-35-15-7-8-16-37(35)41-42-38-17-9-10-18-39(38)43(41)40(36)27-30;42-43(29-17-15-25-8-1-3-10-27(25)22-29,30-18-16-26-9-2-4-11-28(26)23-30)31-19-20-32-36(24-31)41-35-14-6-5-13-34(35)40-38(41)33-12-7-21-39-37(32)33/h2*1-27H;1-24H. The molecule has 0 aliphatic carbocycles. The molecule has 0 aliphatic rings. The van der Waals surface area contributed by atoms with Crippen molar-refractivity contribution >= 4 is 227 Å². The molecule has 0 fully saturated rings. The van der Waals surface area contributed by atoms with E-state index in [-0.39, 0.29) is 0 Å². The van der Waals surface area contributed by atoms with Crippen LogP contribution in [0.3, 0.4) is 0 Å². The van der Waals surface area contributed by atoms with Gasteiger partial charge in [-0.25, -0.2) is 15.0 Å². The molecule has 27 rings (SSSR count). The summed E-state index contributed by atoms with van der Waals surface area (Å²) in [5, 5.41) is 25.2. The first-order chi connectivity index (χ1) is 65.5. The number of benzene rings is 20. The van der Waals surface area contributed by atoms with Crippen LogP contribution in [0.1, 0.15) is 0 Å². The fraction of sp³-hybridized carbons (Fsp3) is 0. The SMILES string of the molecule is O=P(c1ccc2ccccc2c1)(c1ccc2ccccc2c1)c1ccc2c3ncccc3c3nc4ccccc4n3c2c1.O=P(c1ccccc1)(c1ccccc1)c1ccc2ccc(-c3ccc4c5ccccc5c5nc6ccccc6n5c4c3)cc2c1.O=P(c1ccccc1)(c1ccccc1)c1ccc2ccc(-c3ccc4c5ccccc5n5c6ccccc6nc5c4c3)cc2c1. The van der Waals surface area contributed by atoms with Crippen LogP contribution in [0, 0.1) is 0 Å². The zero-order valence-corrected chi connectivity index (χ0v) is 74.4. The van der Waals surface area contributed by atoms with Gasteiger partial charge in [0, 0.05) is 86.3 Å². The van der Waals surface area contributed by atoms with Crippen LogP contribution in [0.25, 0.3) is 181 Å². The van der Waals surface area contributed by atoms with Crippen molar-refractivity contribution in [3.05, 3.63) is 473 Å². The number of rotatable bonds is 11. The van der Waals surface area contributed by atoms with E-state index in [4.69, 9.17) is 19.9 Å². The van der Waals surface area contributed by atoms with Gasteiger partial charge in [0.05, 0.1) is 55.2 Å². The number of hydrogen-bond donors (Lipinski definition) is 0. The van der Waals surface area contributed by atoms with Crippen LogP contribution in [-0.4, -0.2) is 33.1 Å². The minimum Gasteiger partial charge on any atom is -0.309 e. The van der Waals surface area contributed by atoms with E-state index in [2.05, 4.69) is 268 Å². The van der Waals surface area contributed by atoms with Crippen molar-refractivity contribution in [2.45, 2.75) is 0 Å². The van der Waals surface area contributed by atoms with Gasteiger partial charge in [-0.1, -0.05) is 352 Å². The average molecular weight is 1760 g/mol. The fourth-order valence-corrected chi connectivity index (χ4v) is 28.2. The Labute approximate surface area is 764 Å². The van der Waals surface area contributed by atoms with Gasteiger partial charge in [-0.05, 0) is 191 Å². The minimum atomic E-state index is -3.32. The van der Waals surface area contributed by atoms with Gasteiger partial charge in [0.15, 0.2) is 21.4 Å². The zero-order chi connectivity index (χ0) is 88.5. The van der Waals surface area contributed by atoms with Crippen molar-refractivity contribution in [1.29, 1.82) is 0 Å². The van der Waals surface area contributed by atoms with Gasteiger partial charge < -0.3 is 13.7 Å². The lowest BCUT2D eigenvalue weighted by Crippen LogP contribution is -2.25. The number of aromatic nitrogens is 7. The van der Waals surface area contributed by atoms with E-state index in [0.29, 0.717) is 0 Å². The predicted molar refractivity (Wildman–Crippen MR) is 560 cm³/mol. The Hall–Kier alpha value is -16.3. The summed E-state index contributed by atoms with van der Waals surface area (Å²) in [7, 11) is -9.48. The van der Waals surface area contributed by atoms with E-state index < -0.39 is 21.4 Å². The molecule has 0 bridgehead atoms. The lowest BCUT2D eigenvalue weighted by Gasteiger charge is -2.22. The Balaban J connectivity index is 0.000000107. The molecule has 0 unspecified atom stereocenters. The van der Waals surface area contributed by atoms with Gasteiger partial charge in [-0.15, -0.1) is 0 Å². The highest BCUT2D eigenvalue weighted by Crippen LogP contribution is 2.49. The molecule has 0 amide bonds. The average Bonchev–Trinajstić information content (AvgIpc) is 1.51. The van der Waals surface area contributed by atoms with Crippen molar-refractivity contribution in [3.63, 3.8) is 0 Å². The summed E-state index contributed by atoms with van der Waals surface area (Å²) < 4.78 is 52.8. The molecule has 0 saturated carbocycles. The molecule has 0 saturated heterocycles. The molecule has 0 radical (unpaired) electrons. The second kappa shape index (κ2) is 31.8. The van der Waals surface area contributed by atoms with Crippen molar-refractivity contribution in [3.8, 4) is 22.3 Å². The Morgan fingerprint density at radius 2 is 0.474 bits per heavy atom. The van der Waals surface area contributed by atoms with Crippen LogP contribution in [0.2, 0.25) is 0 Å². The summed E-state index contributed by atoms with van der Waals surface area (Å²) in [6.45, 7) is 0. The highest BCUT2D eigenvalue weighted by molar-refractivity contribution is 7.86. The van der Waals surface area contributed by atoms with Gasteiger partial charge >= 0.3 is 0 Å². The molecule has 0 N–H and O–H groups in total. The van der Waals surface area contributed by atoms with Crippen molar-refractivity contribution in [1.82, 2.24) is 33.1 Å². The first kappa shape index (κ1) is 78.9. The maximum absolute atomic E-state index is 15.9. The zero-order valence-electron chi connectivity index (χ0n) is 71.7. The molecule has 7 aromatic heterocycles. The number of hydrogen-bond acceptors (Lipinski definition) is 7. The summed E-state index contributed by atoms with van der Waals surface area (Å²) in [4.78, 5) is 20.0. The smallest absolute Gasteiger partial charge is 0.171 e. The summed E-state index contributed by atoms with van der Waals surface area (Å²) in [6.07, 6.45) is 1.82. The first-order valence-electron chi connectivity index (χ1n) is 44.7. The molecule has 0 aliphatic heterocycles. The van der Waals surface area contributed by atoms with E-state index in [1.165, 1.54) is 21.5 Å². The van der Waals surface area contributed by atoms with E-state index in [9.17, 15) is 0 Å². The number of fused-ring (bicyclic) bond motifs is 28. The van der Waals surface area contributed by atoms with Crippen molar-refractivity contribution in [2.75, 3.05) is 0 Å². The fourth-order valence-electron chi connectivity index (χ4n) is 20.2. The second-order valence-electron chi connectivity index (χ2n) is 34.2. The van der Waals surface area contributed by atoms with Crippen LogP contribution in [0.5, 0.6) is 0 Å². The summed E-state index contributed by atoms with van der Waals surface area (Å²) >= 11 is 0.